The number of anilines is 1. The number of hydrogen-bond donors (Lipinski definition) is 1. The van der Waals surface area contributed by atoms with Crippen molar-refractivity contribution in [3.05, 3.63) is 35.4 Å². The van der Waals surface area contributed by atoms with Gasteiger partial charge in [-0.3, -0.25) is 4.79 Å². The van der Waals surface area contributed by atoms with E-state index >= 15 is 0 Å². The molecule has 1 fully saturated rings. The lowest BCUT2D eigenvalue weighted by Gasteiger charge is -2.29. The van der Waals surface area contributed by atoms with Gasteiger partial charge in [0.15, 0.2) is 10.9 Å². The predicted octanol–water partition coefficient (Wildman–Crippen LogP) is 0.545. The highest BCUT2D eigenvalue weighted by atomic mass is 32.2. The number of ether oxygens (including phenoxy) is 1. The number of likely N-dealkylation sites (N-methyl/N-ethyl adjacent to an activating group) is 1. The predicted molar refractivity (Wildman–Crippen MR) is 108 cm³/mol. The first-order chi connectivity index (χ1) is 13.5. The number of quaternary nitrogens is 1. The van der Waals surface area contributed by atoms with E-state index in [4.69, 9.17) is 9.15 Å². The molecule has 3 rings (SSSR count). The lowest BCUT2D eigenvalue weighted by atomic mass is 10.3. The van der Waals surface area contributed by atoms with Gasteiger partial charge in [-0.25, -0.2) is 9.97 Å². The minimum absolute atomic E-state index is 0.0306. The average molecular weight is 407 g/mol. The molecule has 152 valence electrons. The topological polar surface area (TPSA) is 76.1 Å². The van der Waals surface area contributed by atoms with Gasteiger partial charge in [-0.1, -0.05) is 11.8 Å². The molecule has 2 aromatic heterocycles. The zero-order chi connectivity index (χ0) is 20.1. The molecule has 0 aliphatic carbocycles. The molecule has 0 spiro atoms. The van der Waals surface area contributed by atoms with Crippen molar-refractivity contribution in [2.75, 3.05) is 59.3 Å². The summed E-state index contributed by atoms with van der Waals surface area (Å²) in [7, 11) is 7.68. The molecule has 0 bridgehead atoms. The summed E-state index contributed by atoms with van der Waals surface area (Å²) in [5.74, 6) is 2.50. The van der Waals surface area contributed by atoms with Gasteiger partial charge in [-0.15, -0.1) is 0 Å². The quantitative estimate of drug-likeness (QED) is 0.531. The molecular formula is C19H28N5O3S+. The highest BCUT2D eigenvalue weighted by Gasteiger charge is 2.24. The Morgan fingerprint density at radius 2 is 2.07 bits per heavy atom. The molecule has 0 unspecified atom stereocenters. The van der Waals surface area contributed by atoms with Crippen LogP contribution in [0.15, 0.2) is 27.8 Å². The van der Waals surface area contributed by atoms with E-state index in [1.165, 1.54) is 16.7 Å². The number of furan rings is 1. The van der Waals surface area contributed by atoms with Crippen molar-refractivity contribution in [3.8, 4) is 0 Å². The summed E-state index contributed by atoms with van der Waals surface area (Å²) >= 11 is 1.48. The van der Waals surface area contributed by atoms with Gasteiger partial charge in [0.2, 0.25) is 0 Å². The monoisotopic (exact) mass is 406 g/mol. The van der Waals surface area contributed by atoms with Crippen molar-refractivity contribution in [2.45, 2.75) is 17.5 Å². The van der Waals surface area contributed by atoms with E-state index in [1.54, 1.807) is 13.2 Å². The number of thioether (sulfide) groups is 1. The summed E-state index contributed by atoms with van der Waals surface area (Å²) in [6, 6.07) is 5.53. The summed E-state index contributed by atoms with van der Waals surface area (Å²) in [6.07, 6.45) is 0. The number of carbonyl (C=O) groups excluding carboxylic acids is 1. The maximum absolute atomic E-state index is 12.6. The molecule has 1 aliphatic rings. The first-order valence-corrected chi connectivity index (χ1v) is 10.3. The largest absolute Gasteiger partial charge is 0.455 e. The summed E-state index contributed by atoms with van der Waals surface area (Å²) in [5, 5.41) is 0.657. The maximum atomic E-state index is 12.6. The number of hydrogen-bond acceptors (Lipinski definition) is 7. The van der Waals surface area contributed by atoms with Gasteiger partial charge in [0, 0.05) is 27.3 Å². The zero-order valence-electron chi connectivity index (χ0n) is 16.9. The number of methoxy groups -OCH3 is 1. The van der Waals surface area contributed by atoms with Crippen molar-refractivity contribution >= 4 is 23.5 Å². The Kier molecular flexibility index (Phi) is 6.93. The molecule has 1 N–H and O–H groups in total. The number of aromatic nitrogens is 2. The van der Waals surface area contributed by atoms with Crippen LogP contribution in [0.4, 0.5) is 5.82 Å². The van der Waals surface area contributed by atoms with Gasteiger partial charge in [0.25, 0.3) is 5.91 Å². The fraction of sp³-hybridized carbons (Fsp3) is 0.526. The van der Waals surface area contributed by atoms with Crippen LogP contribution in [0.3, 0.4) is 0 Å². The standard InChI is InChI=1S/C19H27N5O3S/c1-22(2)17-11-14(12-26-4)20-19(21-17)28-13-15-5-6-16(27-15)18(25)24-9-7-23(3)8-10-24/h5-6,11H,7-10,12-13H2,1-4H3/p+1. The normalized spacial score (nSPS) is 15.1. The molecule has 2 aromatic rings. The van der Waals surface area contributed by atoms with E-state index < -0.39 is 0 Å². The zero-order valence-corrected chi connectivity index (χ0v) is 17.7. The second-order valence-corrected chi connectivity index (χ2v) is 8.07. The number of rotatable bonds is 7. The van der Waals surface area contributed by atoms with Gasteiger partial charge in [0.05, 0.1) is 51.3 Å². The van der Waals surface area contributed by atoms with Crippen LogP contribution in [0.5, 0.6) is 0 Å². The van der Waals surface area contributed by atoms with Crippen LogP contribution in [-0.2, 0) is 17.1 Å². The molecule has 0 aromatic carbocycles. The van der Waals surface area contributed by atoms with Crippen LogP contribution in [0, 0.1) is 0 Å². The molecule has 1 amide bonds. The molecule has 0 saturated carbocycles. The molecule has 8 nitrogen and oxygen atoms in total. The number of nitrogens with zero attached hydrogens (tertiary/aromatic N) is 4. The SMILES string of the molecule is COCc1cc(N(C)C)nc(SCc2ccc(C(=O)N3CC[NH+](C)CC3)o2)n1. The Morgan fingerprint density at radius 1 is 1.32 bits per heavy atom. The van der Waals surface area contributed by atoms with Crippen LogP contribution in [0.1, 0.15) is 22.0 Å². The molecule has 1 aliphatic heterocycles. The molecule has 1 saturated heterocycles. The van der Waals surface area contributed by atoms with Crippen molar-refractivity contribution in [2.24, 2.45) is 0 Å². The smallest absolute Gasteiger partial charge is 0.289 e. The lowest BCUT2D eigenvalue weighted by Crippen LogP contribution is -3.12. The van der Waals surface area contributed by atoms with Gasteiger partial charge < -0.3 is 23.9 Å². The average Bonchev–Trinajstić information content (AvgIpc) is 3.15. The van der Waals surface area contributed by atoms with Crippen LogP contribution >= 0.6 is 11.8 Å². The highest BCUT2D eigenvalue weighted by Crippen LogP contribution is 2.24. The lowest BCUT2D eigenvalue weighted by molar-refractivity contribution is -0.883. The number of carbonyl (C=O) groups is 1. The van der Waals surface area contributed by atoms with E-state index in [1.807, 2.05) is 36.0 Å². The van der Waals surface area contributed by atoms with Crippen molar-refractivity contribution in [1.29, 1.82) is 0 Å². The van der Waals surface area contributed by atoms with Gasteiger partial charge in [0.1, 0.15) is 11.6 Å². The second-order valence-electron chi connectivity index (χ2n) is 7.13. The molecule has 0 atom stereocenters. The number of nitrogens with one attached hydrogen (secondary N) is 1. The van der Waals surface area contributed by atoms with Crippen LogP contribution in [0.2, 0.25) is 0 Å². The summed E-state index contributed by atoms with van der Waals surface area (Å²) in [4.78, 5) is 26.9. The highest BCUT2D eigenvalue weighted by molar-refractivity contribution is 7.98. The van der Waals surface area contributed by atoms with E-state index in [-0.39, 0.29) is 5.91 Å². The first kappa shape index (κ1) is 20.6. The Labute approximate surface area is 169 Å². The maximum Gasteiger partial charge on any atom is 0.289 e. The molecule has 3 heterocycles. The Morgan fingerprint density at radius 3 is 2.75 bits per heavy atom. The second kappa shape index (κ2) is 9.40. The third-order valence-corrected chi connectivity index (χ3v) is 5.49. The van der Waals surface area contributed by atoms with Crippen LogP contribution < -0.4 is 9.80 Å². The third-order valence-electron chi connectivity index (χ3n) is 4.62. The fourth-order valence-electron chi connectivity index (χ4n) is 2.93. The van der Waals surface area contributed by atoms with Gasteiger partial charge in [-0.05, 0) is 12.1 Å². The Hall–Kier alpha value is -2.10. The Balaban J connectivity index is 1.63. The summed E-state index contributed by atoms with van der Waals surface area (Å²) in [6.45, 7) is 3.91. The molecule has 28 heavy (non-hydrogen) atoms. The fourth-order valence-corrected chi connectivity index (χ4v) is 3.69. The number of amides is 1. The number of piperazine rings is 1. The molecule has 9 heteroatoms. The third kappa shape index (κ3) is 5.24. The van der Waals surface area contributed by atoms with Gasteiger partial charge >= 0.3 is 0 Å². The van der Waals surface area contributed by atoms with Crippen LogP contribution in [-0.4, -0.2) is 75.2 Å². The van der Waals surface area contributed by atoms with Crippen molar-refractivity contribution in [1.82, 2.24) is 14.9 Å². The minimum atomic E-state index is -0.0306. The summed E-state index contributed by atoms with van der Waals surface area (Å²) < 4.78 is 11.0. The summed E-state index contributed by atoms with van der Waals surface area (Å²) in [5.41, 5.74) is 0.830. The van der Waals surface area contributed by atoms with E-state index in [2.05, 4.69) is 17.0 Å². The van der Waals surface area contributed by atoms with E-state index in [0.29, 0.717) is 23.3 Å². The van der Waals surface area contributed by atoms with Crippen molar-refractivity contribution < 1.29 is 18.8 Å². The molecular weight excluding hydrogens is 378 g/mol. The minimum Gasteiger partial charge on any atom is -0.455 e. The van der Waals surface area contributed by atoms with Gasteiger partial charge in [-0.2, -0.15) is 0 Å². The van der Waals surface area contributed by atoms with Crippen LogP contribution in [0.25, 0.3) is 0 Å². The van der Waals surface area contributed by atoms with Crippen molar-refractivity contribution in [3.63, 3.8) is 0 Å². The van der Waals surface area contributed by atoms with E-state index in [9.17, 15) is 4.79 Å². The first-order valence-electron chi connectivity index (χ1n) is 9.32. The Bertz CT molecular complexity index is 803. The molecule has 0 radical (unpaired) electrons. The van der Waals surface area contributed by atoms with E-state index in [0.717, 1.165) is 43.5 Å².